The molecule has 7 nitrogen and oxygen atoms in total. The van der Waals surface area contributed by atoms with Crippen molar-refractivity contribution in [1.82, 2.24) is 20.4 Å². The number of nitrogens with zero attached hydrogens (tertiary/aromatic N) is 2. The second-order valence-electron chi connectivity index (χ2n) is 6.71. The van der Waals surface area contributed by atoms with E-state index in [1.54, 1.807) is 0 Å². The van der Waals surface area contributed by atoms with Gasteiger partial charge in [0.2, 0.25) is 0 Å². The van der Waals surface area contributed by atoms with Crippen molar-refractivity contribution in [1.29, 1.82) is 0 Å². The Hall–Kier alpha value is -3.53. The van der Waals surface area contributed by atoms with Crippen LogP contribution in [0.1, 0.15) is 32.8 Å². The number of phenolic OH excluding ortho intramolecular Hbond substituents is 1. The molecule has 0 bridgehead atoms. The predicted molar refractivity (Wildman–Crippen MR) is 111 cm³/mol. The molecule has 3 rings (SSSR count). The molecule has 0 spiro atoms. The van der Waals surface area contributed by atoms with Gasteiger partial charge in [0.1, 0.15) is 5.75 Å². The van der Waals surface area contributed by atoms with Gasteiger partial charge in [0.25, 0.3) is 11.8 Å². The number of amides is 2. The lowest BCUT2D eigenvalue weighted by Crippen LogP contribution is -2.31. The Morgan fingerprint density at radius 3 is 2.38 bits per heavy atom. The number of phenols is 1. The highest BCUT2D eigenvalue weighted by molar-refractivity contribution is 6.30. The Kier molecular flexibility index (Phi) is 7.04. The average molecular weight is 467 g/mol. The molecule has 0 aliphatic carbocycles. The Balaban J connectivity index is 1.61. The van der Waals surface area contributed by atoms with Gasteiger partial charge >= 0.3 is 6.18 Å². The summed E-state index contributed by atoms with van der Waals surface area (Å²) in [5.74, 6) is -1.41. The third-order valence-electron chi connectivity index (χ3n) is 4.37. The van der Waals surface area contributed by atoms with Gasteiger partial charge in [-0.05, 0) is 42.8 Å². The van der Waals surface area contributed by atoms with E-state index in [1.807, 2.05) is 0 Å². The van der Waals surface area contributed by atoms with Crippen molar-refractivity contribution in [3.63, 3.8) is 0 Å². The second-order valence-corrected chi connectivity index (χ2v) is 7.15. The molecule has 1 heterocycles. The van der Waals surface area contributed by atoms with Gasteiger partial charge in [-0.2, -0.15) is 18.3 Å². The standard InChI is InChI=1S/C21H18ClF3N4O3/c22-14-5-2-6-15(11-14)29-18(21(23,24)25)17(12-28-29)20(32)27-9-3-8-26-19(31)13-4-1-7-16(30)10-13/h1-2,4-7,10-12,30H,3,8-9H2,(H,26,31)(H,27,32). The van der Waals surface area contributed by atoms with E-state index in [0.29, 0.717) is 4.68 Å². The SMILES string of the molecule is O=C(NCCCNC(=O)c1cnn(-c2cccc(Cl)c2)c1C(F)(F)F)c1cccc(O)c1. The van der Waals surface area contributed by atoms with Gasteiger partial charge in [0, 0.05) is 23.7 Å². The summed E-state index contributed by atoms with van der Waals surface area (Å²) < 4.78 is 41.6. The minimum Gasteiger partial charge on any atom is -0.508 e. The number of halogens is 4. The summed E-state index contributed by atoms with van der Waals surface area (Å²) in [6.07, 6.45) is -3.70. The highest BCUT2D eigenvalue weighted by Crippen LogP contribution is 2.34. The summed E-state index contributed by atoms with van der Waals surface area (Å²) in [4.78, 5) is 24.4. The van der Waals surface area contributed by atoms with Crippen LogP contribution >= 0.6 is 11.6 Å². The van der Waals surface area contributed by atoms with Gasteiger partial charge in [-0.25, -0.2) is 4.68 Å². The molecule has 0 fully saturated rings. The molecule has 2 aromatic carbocycles. The van der Waals surface area contributed by atoms with E-state index in [0.717, 1.165) is 6.20 Å². The summed E-state index contributed by atoms with van der Waals surface area (Å²) in [6, 6.07) is 11.5. The molecule has 1 aromatic heterocycles. The van der Waals surface area contributed by atoms with Gasteiger partial charge in [-0.15, -0.1) is 0 Å². The molecule has 0 atom stereocenters. The number of aromatic nitrogens is 2. The van der Waals surface area contributed by atoms with Crippen LogP contribution in [0.4, 0.5) is 13.2 Å². The molecule has 0 aliphatic heterocycles. The van der Waals surface area contributed by atoms with Crippen molar-refractivity contribution in [2.45, 2.75) is 12.6 Å². The number of carbonyl (C=O) groups is 2. The molecule has 11 heteroatoms. The number of rotatable bonds is 7. The Bertz CT molecular complexity index is 1130. The zero-order valence-electron chi connectivity index (χ0n) is 16.5. The summed E-state index contributed by atoms with van der Waals surface area (Å²) in [5, 5.41) is 18.3. The van der Waals surface area contributed by atoms with Gasteiger partial charge in [0.05, 0.1) is 17.4 Å². The quantitative estimate of drug-likeness (QED) is 0.461. The lowest BCUT2D eigenvalue weighted by molar-refractivity contribution is -0.143. The largest absolute Gasteiger partial charge is 0.508 e. The number of benzene rings is 2. The molecule has 0 aliphatic rings. The third-order valence-corrected chi connectivity index (χ3v) is 4.60. The first-order chi connectivity index (χ1) is 15.2. The topological polar surface area (TPSA) is 96.3 Å². The van der Waals surface area contributed by atoms with Crippen LogP contribution in [0.2, 0.25) is 5.02 Å². The van der Waals surface area contributed by atoms with Crippen molar-refractivity contribution in [3.05, 3.63) is 76.6 Å². The maximum atomic E-state index is 13.7. The van der Waals surface area contributed by atoms with E-state index in [4.69, 9.17) is 11.6 Å². The van der Waals surface area contributed by atoms with Crippen LogP contribution in [0.3, 0.4) is 0 Å². The lowest BCUT2D eigenvalue weighted by atomic mass is 10.2. The lowest BCUT2D eigenvalue weighted by Gasteiger charge is -2.13. The van der Waals surface area contributed by atoms with Gasteiger partial charge in [-0.1, -0.05) is 23.7 Å². The number of nitrogens with one attached hydrogen (secondary N) is 2. The first-order valence-corrected chi connectivity index (χ1v) is 9.81. The highest BCUT2D eigenvalue weighted by Gasteiger charge is 2.40. The van der Waals surface area contributed by atoms with Gasteiger partial charge in [-0.3, -0.25) is 9.59 Å². The van der Waals surface area contributed by atoms with Crippen molar-refractivity contribution in [3.8, 4) is 11.4 Å². The first-order valence-electron chi connectivity index (χ1n) is 9.43. The molecule has 0 radical (unpaired) electrons. The smallest absolute Gasteiger partial charge is 0.434 e. The molecule has 0 saturated carbocycles. The van der Waals surface area contributed by atoms with Gasteiger partial charge in [0.15, 0.2) is 5.69 Å². The fourth-order valence-corrected chi connectivity index (χ4v) is 3.11. The molecule has 168 valence electrons. The van der Waals surface area contributed by atoms with E-state index in [-0.39, 0.29) is 41.5 Å². The Morgan fingerprint density at radius 2 is 1.72 bits per heavy atom. The molecule has 0 saturated heterocycles. The van der Waals surface area contributed by atoms with E-state index in [2.05, 4.69) is 15.7 Å². The molecule has 0 unspecified atom stereocenters. The zero-order valence-corrected chi connectivity index (χ0v) is 17.2. The van der Waals surface area contributed by atoms with Crippen LogP contribution in [-0.4, -0.2) is 39.8 Å². The molecule has 3 aromatic rings. The van der Waals surface area contributed by atoms with Crippen molar-refractivity contribution in [2.75, 3.05) is 13.1 Å². The van der Waals surface area contributed by atoms with E-state index < -0.39 is 29.2 Å². The summed E-state index contributed by atoms with van der Waals surface area (Å²) >= 11 is 5.85. The molecular formula is C21H18ClF3N4O3. The summed E-state index contributed by atoms with van der Waals surface area (Å²) in [7, 11) is 0. The summed E-state index contributed by atoms with van der Waals surface area (Å²) in [6.45, 7) is 0.196. The van der Waals surface area contributed by atoms with Crippen LogP contribution in [0.15, 0.2) is 54.7 Å². The van der Waals surface area contributed by atoms with Crippen molar-refractivity contribution < 1.29 is 27.9 Å². The van der Waals surface area contributed by atoms with E-state index in [9.17, 15) is 27.9 Å². The summed E-state index contributed by atoms with van der Waals surface area (Å²) in [5.41, 5.74) is -1.51. The fourth-order valence-electron chi connectivity index (χ4n) is 2.93. The monoisotopic (exact) mass is 466 g/mol. The van der Waals surface area contributed by atoms with E-state index >= 15 is 0 Å². The van der Waals surface area contributed by atoms with Gasteiger partial charge < -0.3 is 15.7 Å². The Morgan fingerprint density at radius 1 is 1.03 bits per heavy atom. The number of hydrogen-bond donors (Lipinski definition) is 3. The normalized spacial score (nSPS) is 11.2. The van der Waals surface area contributed by atoms with Crippen LogP contribution in [0.25, 0.3) is 5.69 Å². The van der Waals surface area contributed by atoms with Crippen LogP contribution in [0, 0.1) is 0 Å². The minimum absolute atomic E-state index is 0.0266. The van der Waals surface area contributed by atoms with Crippen LogP contribution in [0.5, 0.6) is 5.75 Å². The highest BCUT2D eigenvalue weighted by atomic mass is 35.5. The van der Waals surface area contributed by atoms with Crippen molar-refractivity contribution >= 4 is 23.4 Å². The van der Waals surface area contributed by atoms with Crippen LogP contribution < -0.4 is 10.6 Å². The molecule has 3 N–H and O–H groups in total. The molecule has 32 heavy (non-hydrogen) atoms. The van der Waals surface area contributed by atoms with Crippen LogP contribution in [-0.2, 0) is 6.18 Å². The second kappa shape index (κ2) is 9.73. The fraction of sp³-hybridized carbons (Fsp3) is 0.190. The zero-order chi connectivity index (χ0) is 23.3. The van der Waals surface area contributed by atoms with Crippen molar-refractivity contribution in [2.24, 2.45) is 0 Å². The number of alkyl halides is 3. The third kappa shape index (κ3) is 5.58. The van der Waals surface area contributed by atoms with E-state index in [1.165, 1.54) is 48.5 Å². The first kappa shape index (κ1) is 23.1. The maximum absolute atomic E-state index is 13.7. The molecular weight excluding hydrogens is 449 g/mol. The average Bonchev–Trinajstić information content (AvgIpc) is 3.19. The maximum Gasteiger partial charge on any atom is 0.434 e. The molecule has 2 amide bonds. The number of aromatic hydroxyl groups is 1. The Labute approximate surface area is 185 Å². The minimum atomic E-state index is -4.83. The number of hydrogen-bond acceptors (Lipinski definition) is 4. The predicted octanol–water partition coefficient (Wildman–Crippen LogP) is 3.80. The number of carbonyl (C=O) groups excluding carboxylic acids is 2.